The second kappa shape index (κ2) is 5.03. The first-order valence-electron chi connectivity index (χ1n) is 5.35. The maximum Gasteiger partial charge on any atom is 0.235 e. The van der Waals surface area contributed by atoms with Crippen LogP contribution in [0.3, 0.4) is 0 Å². The van der Waals surface area contributed by atoms with Crippen LogP contribution < -0.4 is 4.72 Å². The fourth-order valence-electron chi connectivity index (χ4n) is 1.70. The molecule has 0 atom stereocenters. The summed E-state index contributed by atoms with van der Waals surface area (Å²) in [6.45, 7) is 3.97. The second-order valence-corrected chi connectivity index (χ2v) is 7.31. The zero-order valence-corrected chi connectivity index (χ0v) is 12.4. The number of benzene rings is 1. The number of aromatic nitrogens is 1. The molecule has 0 saturated carbocycles. The SMILES string of the molecule is Cc1cc(C)c2nc(NS(=O)(=O)CCCl)sc2c1. The predicted octanol–water partition coefficient (Wildman–Crippen LogP) is 2.89. The third-order valence-corrected chi connectivity index (χ3v) is 5.12. The molecule has 2 aromatic rings. The maximum absolute atomic E-state index is 11.6. The molecule has 1 heterocycles. The zero-order chi connectivity index (χ0) is 13.3. The Morgan fingerprint density at radius 3 is 2.78 bits per heavy atom. The molecular formula is C11H13ClN2O2S2. The first kappa shape index (κ1) is 13.6. The smallest absolute Gasteiger partial charge is 0.235 e. The van der Waals surface area contributed by atoms with Gasteiger partial charge in [-0.1, -0.05) is 17.4 Å². The Hall–Kier alpha value is -0.850. The van der Waals surface area contributed by atoms with E-state index in [-0.39, 0.29) is 11.6 Å². The van der Waals surface area contributed by atoms with Gasteiger partial charge in [0.25, 0.3) is 0 Å². The number of nitrogens with zero attached hydrogens (tertiary/aromatic N) is 1. The van der Waals surface area contributed by atoms with Crippen LogP contribution in [-0.2, 0) is 10.0 Å². The molecule has 1 N–H and O–H groups in total. The van der Waals surface area contributed by atoms with Crippen LogP contribution in [0.4, 0.5) is 5.13 Å². The van der Waals surface area contributed by atoms with Gasteiger partial charge in [-0.05, 0) is 31.0 Å². The fourth-order valence-corrected chi connectivity index (χ4v) is 4.37. The Bertz CT molecular complexity index is 680. The minimum absolute atomic E-state index is 0.0678. The zero-order valence-electron chi connectivity index (χ0n) is 10.0. The molecule has 0 aliphatic heterocycles. The van der Waals surface area contributed by atoms with Crippen LogP contribution in [0.15, 0.2) is 12.1 Å². The highest BCUT2D eigenvalue weighted by Gasteiger charge is 2.13. The van der Waals surface area contributed by atoms with Crippen molar-refractivity contribution < 1.29 is 8.42 Å². The third-order valence-electron chi connectivity index (χ3n) is 2.42. The summed E-state index contributed by atoms with van der Waals surface area (Å²) in [6.07, 6.45) is 0. The van der Waals surface area contributed by atoms with E-state index in [2.05, 4.69) is 9.71 Å². The first-order chi connectivity index (χ1) is 8.41. The molecule has 0 spiro atoms. The van der Waals surface area contributed by atoms with Crippen molar-refractivity contribution in [1.29, 1.82) is 0 Å². The van der Waals surface area contributed by atoms with Gasteiger partial charge in [-0.2, -0.15) is 0 Å². The molecule has 0 bridgehead atoms. The molecule has 2 rings (SSSR count). The Kier molecular flexibility index (Phi) is 3.79. The van der Waals surface area contributed by atoms with Gasteiger partial charge < -0.3 is 0 Å². The minimum atomic E-state index is -3.39. The number of halogens is 1. The lowest BCUT2D eigenvalue weighted by atomic mass is 10.1. The molecule has 7 heteroatoms. The normalized spacial score (nSPS) is 11.9. The summed E-state index contributed by atoms with van der Waals surface area (Å²) in [6, 6.07) is 4.03. The molecule has 0 amide bonds. The van der Waals surface area contributed by atoms with Crippen LogP contribution in [0.2, 0.25) is 0 Å². The average molecular weight is 305 g/mol. The summed E-state index contributed by atoms with van der Waals surface area (Å²) in [5, 5.41) is 0.392. The van der Waals surface area contributed by atoms with E-state index in [4.69, 9.17) is 11.6 Å². The van der Waals surface area contributed by atoms with Crippen molar-refractivity contribution in [2.45, 2.75) is 13.8 Å². The molecular weight excluding hydrogens is 292 g/mol. The van der Waals surface area contributed by atoms with Crippen molar-refractivity contribution in [1.82, 2.24) is 4.98 Å². The van der Waals surface area contributed by atoms with E-state index in [0.29, 0.717) is 5.13 Å². The standard InChI is InChI=1S/C11H13ClN2O2S2/c1-7-5-8(2)10-9(6-7)17-11(13-10)14-18(15,16)4-3-12/h5-6H,3-4H2,1-2H3,(H,13,14). The number of rotatable bonds is 4. The van der Waals surface area contributed by atoms with E-state index < -0.39 is 10.0 Å². The second-order valence-electron chi connectivity index (χ2n) is 4.06. The number of hydrogen-bond donors (Lipinski definition) is 1. The fraction of sp³-hybridized carbons (Fsp3) is 0.364. The van der Waals surface area contributed by atoms with Crippen LogP contribution in [0, 0.1) is 13.8 Å². The Balaban J connectivity index is 2.39. The third kappa shape index (κ3) is 2.93. The molecule has 0 fully saturated rings. The monoisotopic (exact) mass is 304 g/mol. The Morgan fingerprint density at radius 1 is 1.39 bits per heavy atom. The van der Waals surface area contributed by atoms with Gasteiger partial charge in [0.1, 0.15) is 0 Å². The van der Waals surface area contributed by atoms with Gasteiger partial charge in [-0.25, -0.2) is 13.4 Å². The number of hydrogen-bond acceptors (Lipinski definition) is 4. The molecule has 0 aliphatic carbocycles. The topological polar surface area (TPSA) is 59.1 Å². The van der Waals surface area contributed by atoms with Crippen LogP contribution in [0.25, 0.3) is 10.2 Å². The van der Waals surface area contributed by atoms with E-state index in [9.17, 15) is 8.42 Å². The van der Waals surface area contributed by atoms with E-state index >= 15 is 0 Å². The summed E-state index contributed by atoms with van der Waals surface area (Å²) in [4.78, 5) is 4.31. The molecule has 18 heavy (non-hydrogen) atoms. The minimum Gasteiger partial charge on any atom is -0.259 e. The highest BCUT2D eigenvalue weighted by Crippen LogP contribution is 2.29. The van der Waals surface area contributed by atoms with E-state index in [1.165, 1.54) is 11.3 Å². The molecule has 0 unspecified atom stereocenters. The van der Waals surface area contributed by atoms with Gasteiger partial charge >= 0.3 is 0 Å². The van der Waals surface area contributed by atoms with Gasteiger partial charge in [-0.15, -0.1) is 11.6 Å². The van der Waals surface area contributed by atoms with Crippen LogP contribution >= 0.6 is 22.9 Å². The van der Waals surface area contributed by atoms with Gasteiger partial charge in [0, 0.05) is 5.88 Å². The molecule has 98 valence electrons. The average Bonchev–Trinajstić information content (AvgIpc) is 2.59. The van der Waals surface area contributed by atoms with E-state index in [1.807, 2.05) is 26.0 Å². The van der Waals surface area contributed by atoms with Gasteiger partial charge in [0.15, 0.2) is 5.13 Å². The van der Waals surface area contributed by atoms with Crippen molar-refractivity contribution in [3.63, 3.8) is 0 Å². The van der Waals surface area contributed by atoms with Gasteiger partial charge in [0.05, 0.1) is 16.0 Å². The predicted molar refractivity (Wildman–Crippen MR) is 77.2 cm³/mol. The molecule has 1 aromatic heterocycles. The van der Waals surface area contributed by atoms with Gasteiger partial charge in [0.2, 0.25) is 10.0 Å². The Labute approximate surface area is 115 Å². The lowest BCUT2D eigenvalue weighted by Crippen LogP contribution is -2.17. The summed E-state index contributed by atoms with van der Waals surface area (Å²) in [7, 11) is -3.39. The Morgan fingerprint density at radius 2 is 2.11 bits per heavy atom. The lowest BCUT2D eigenvalue weighted by molar-refractivity contribution is 0.602. The number of fused-ring (bicyclic) bond motifs is 1. The summed E-state index contributed by atoms with van der Waals surface area (Å²) in [5.74, 6) is -0.0408. The quantitative estimate of drug-likeness (QED) is 0.884. The first-order valence-corrected chi connectivity index (χ1v) is 8.36. The molecule has 1 aromatic carbocycles. The number of thiazole rings is 1. The summed E-state index contributed by atoms with van der Waals surface area (Å²) >= 11 is 6.77. The number of alkyl halides is 1. The highest BCUT2D eigenvalue weighted by atomic mass is 35.5. The molecule has 0 aliphatic rings. The van der Waals surface area contributed by atoms with E-state index in [0.717, 1.165) is 21.3 Å². The summed E-state index contributed by atoms with van der Waals surface area (Å²) in [5.41, 5.74) is 3.03. The molecule has 0 radical (unpaired) electrons. The summed E-state index contributed by atoms with van der Waals surface area (Å²) < 4.78 is 26.6. The van der Waals surface area contributed by atoms with Crippen molar-refractivity contribution in [3.05, 3.63) is 23.3 Å². The lowest BCUT2D eigenvalue weighted by Gasteiger charge is -2.01. The van der Waals surface area contributed by atoms with Crippen molar-refractivity contribution in [2.75, 3.05) is 16.4 Å². The number of nitrogens with one attached hydrogen (secondary N) is 1. The maximum atomic E-state index is 11.6. The largest absolute Gasteiger partial charge is 0.259 e. The van der Waals surface area contributed by atoms with Crippen LogP contribution in [0.1, 0.15) is 11.1 Å². The number of sulfonamides is 1. The van der Waals surface area contributed by atoms with E-state index in [1.54, 1.807) is 0 Å². The van der Waals surface area contributed by atoms with Crippen molar-refractivity contribution in [3.8, 4) is 0 Å². The highest BCUT2D eigenvalue weighted by molar-refractivity contribution is 7.92. The molecule has 0 saturated heterocycles. The van der Waals surface area contributed by atoms with Gasteiger partial charge in [-0.3, -0.25) is 4.72 Å². The van der Waals surface area contributed by atoms with Crippen molar-refractivity contribution >= 4 is 48.3 Å². The van der Waals surface area contributed by atoms with Crippen molar-refractivity contribution in [2.24, 2.45) is 0 Å². The van der Waals surface area contributed by atoms with Crippen LogP contribution in [-0.4, -0.2) is 25.0 Å². The van der Waals surface area contributed by atoms with Crippen LogP contribution in [0.5, 0.6) is 0 Å². The molecule has 4 nitrogen and oxygen atoms in total. The number of aryl methyl sites for hydroxylation is 2. The number of anilines is 1.